The third-order valence-electron chi connectivity index (χ3n) is 1.75. The van der Waals surface area contributed by atoms with Gasteiger partial charge in [0.2, 0.25) is 0 Å². The first-order valence-electron chi connectivity index (χ1n) is 4.98. The van der Waals surface area contributed by atoms with Gasteiger partial charge in [-0.2, -0.15) is 0 Å². The Kier molecular flexibility index (Phi) is 6.38. The molecule has 0 aliphatic heterocycles. The van der Waals surface area contributed by atoms with Crippen LogP contribution in [-0.2, 0) is 0 Å². The molecule has 0 saturated heterocycles. The van der Waals surface area contributed by atoms with Crippen molar-refractivity contribution in [1.82, 2.24) is 4.98 Å². The first kappa shape index (κ1) is 12.6. The smallest absolute Gasteiger partial charge is 0.0698 e. The molecular formula is C13H19N. The lowest BCUT2D eigenvalue weighted by Gasteiger charge is -1.89. The van der Waals surface area contributed by atoms with Gasteiger partial charge in [0.1, 0.15) is 0 Å². The second-order valence-corrected chi connectivity index (χ2v) is 2.72. The van der Waals surface area contributed by atoms with Gasteiger partial charge in [0.25, 0.3) is 0 Å². The van der Waals surface area contributed by atoms with Crippen molar-refractivity contribution in [2.75, 3.05) is 0 Å². The van der Waals surface area contributed by atoms with E-state index < -0.39 is 0 Å². The van der Waals surface area contributed by atoms with Crippen LogP contribution in [0, 0.1) is 0 Å². The molecule has 0 aliphatic carbocycles. The maximum atomic E-state index is 4.21. The molecule has 0 aromatic carbocycles. The Morgan fingerprint density at radius 2 is 2.07 bits per heavy atom. The van der Waals surface area contributed by atoms with Crippen LogP contribution in [0.3, 0.4) is 0 Å². The molecule has 0 radical (unpaired) electrons. The molecule has 0 bridgehead atoms. The standard InChI is InChI=1S/C11H13N.C2H6/c1-4-9(2)8-11-10(3)6-5-7-12-11;1-2/h4-8H,3H2,1-2H3;1-2H3/b9-4-,11-8+;. The number of hydrogen-bond acceptors (Lipinski definition) is 1. The number of rotatable bonds is 1. The van der Waals surface area contributed by atoms with Crippen LogP contribution in [0.15, 0.2) is 30.0 Å². The minimum Gasteiger partial charge on any atom is -0.256 e. The number of nitrogens with zero attached hydrogens (tertiary/aromatic N) is 1. The average Bonchev–Trinajstić information content (AvgIpc) is 2.24. The summed E-state index contributed by atoms with van der Waals surface area (Å²) in [6.45, 7) is 11.9. The average molecular weight is 189 g/mol. The first-order chi connectivity index (χ1) is 6.74. The zero-order chi connectivity index (χ0) is 11.0. The van der Waals surface area contributed by atoms with Gasteiger partial charge in [-0.3, -0.25) is 4.98 Å². The quantitative estimate of drug-likeness (QED) is 0.660. The number of allylic oxidation sites excluding steroid dienone is 2. The van der Waals surface area contributed by atoms with Crippen LogP contribution >= 0.6 is 0 Å². The minimum atomic E-state index is 0.952. The van der Waals surface area contributed by atoms with Gasteiger partial charge in [0, 0.05) is 6.20 Å². The molecule has 0 unspecified atom stereocenters. The summed E-state index contributed by atoms with van der Waals surface area (Å²) < 4.78 is 0. The number of aromatic nitrogens is 1. The summed E-state index contributed by atoms with van der Waals surface area (Å²) in [5, 5.41) is 1.92. The third-order valence-corrected chi connectivity index (χ3v) is 1.75. The summed E-state index contributed by atoms with van der Waals surface area (Å²) in [5.41, 5.74) is 1.21. The fourth-order valence-corrected chi connectivity index (χ4v) is 0.880. The van der Waals surface area contributed by atoms with Gasteiger partial charge in [-0.15, -0.1) is 0 Å². The van der Waals surface area contributed by atoms with Crippen molar-refractivity contribution >= 4 is 12.7 Å². The van der Waals surface area contributed by atoms with Crippen molar-refractivity contribution < 1.29 is 0 Å². The van der Waals surface area contributed by atoms with Gasteiger partial charge in [0.15, 0.2) is 0 Å². The summed E-state index contributed by atoms with van der Waals surface area (Å²) >= 11 is 0. The van der Waals surface area contributed by atoms with E-state index in [1.807, 2.05) is 52.0 Å². The molecule has 0 spiro atoms. The molecular weight excluding hydrogens is 170 g/mol. The summed E-state index contributed by atoms with van der Waals surface area (Å²) in [5.74, 6) is 0. The molecule has 1 heteroatoms. The van der Waals surface area contributed by atoms with E-state index in [2.05, 4.69) is 11.6 Å². The molecule has 1 heterocycles. The molecule has 76 valence electrons. The van der Waals surface area contributed by atoms with Crippen LogP contribution in [0.25, 0.3) is 12.7 Å². The molecule has 0 aliphatic rings. The van der Waals surface area contributed by atoms with Crippen LogP contribution in [0.2, 0.25) is 0 Å². The zero-order valence-corrected chi connectivity index (χ0v) is 9.54. The normalized spacial score (nSPS) is 12.0. The van der Waals surface area contributed by atoms with E-state index in [0.717, 1.165) is 10.6 Å². The summed E-state index contributed by atoms with van der Waals surface area (Å²) in [6, 6.07) is 3.85. The maximum Gasteiger partial charge on any atom is 0.0698 e. The molecule has 1 aromatic heterocycles. The predicted molar refractivity (Wildman–Crippen MR) is 64.3 cm³/mol. The molecule has 0 amide bonds. The number of pyridine rings is 1. The molecule has 1 rings (SSSR count). The second-order valence-electron chi connectivity index (χ2n) is 2.72. The molecule has 0 atom stereocenters. The molecule has 1 nitrogen and oxygen atoms in total. The van der Waals surface area contributed by atoms with E-state index in [1.54, 1.807) is 6.20 Å². The summed E-state index contributed by atoms with van der Waals surface area (Å²) in [6.07, 6.45) is 5.86. The molecule has 0 saturated carbocycles. The molecule has 1 aromatic rings. The van der Waals surface area contributed by atoms with Crippen LogP contribution in [0.4, 0.5) is 0 Å². The van der Waals surface area contributed by atoms with Crippen LogP contribution < -0.4 is 10.6 Å². The molecule has 0 N–H and O–H groups in total. The van der Waals surface area contributed by atoms with Gasteiger partial charge >= 0.3 is 0 Å². The van der Waals surface area contributed by atoms with Gasteiger partial charge in [0.05, 0.1) is 5.35 Å². The lowest BCUT2D eigenvalue weighted by atomic mass is 10.2. The van der Waals surface area contributed by atoms with E-state index in [9.17, 15) is 0 Å². The van der Waals surface area contributed by atoms with Crippen molar-refractivity contribution in [3.05, 3.63) is 40.5 Å². The predicted octanol–water partition coefficient (Wildman–Crippen LogP) is 2.26. The first-order valence-corrected chi connectivity index (χ1v) is 4.98. The van der Waals surface area contributed by atoms with Gasteiger partial charge in [-0.1, -0.05) is 38.1 Å². The zero-order valence-electron chi connectivity index (χ0n) is 9.54. The van der Waals surface area contributed by atoms with Gasteiger partial charge in [-0.25, -0.2) is 0 Å². The third kappa shape index (κ3) is 4.04. The van der Waals surface area contributed by atoms with Crippen molar-refractivity contribution in [2.45, 2.75) is 27.7 Å². The van der Waals surface area contributed by atoms with E-state index in [1.165, 1.54) is 5.57 Å². The van der Waals surface area contributed by atoms with E-state index in [4.69, 9.17) is 0 Å². The van der Waals surface area contributed by atoms with Crippen molar-refractivity contribution in [1.29, 1.82) is 0 Å². The Bertz CT molecular complexity index is 388. The number of hydrogen-bond donors (Lipinski definition) is 0. The minimum absolute atomic E-state index is 0.952. The monoisotopic (exact) mass is 189 g/mol. The highest BCUT2D eigenvalue weighted by Crippen LogP contribution is 1.90. The highest BCUT2D eigenvalue weighted by molar-refractivity contribution is 5.43. The SMILES string of the molecule is C=c1cccn/c1=C/C(C)=C\C.CC. The Labute approximate surface area is 86.5 Å². The van der Waals surface area contributed by atoms with Crippen molar-refractivity contribution in [3.8, 4) is 0 Å². The maximum absolute atomic E-state index is 4.21. The van der Waals surface area contributed by atoms with Crippen LogP contribution in [0.5, 0.6) is 0 Å². The highest BCUT2D eigenvalue weighted by Gasteiger charge is 1.82. The summed E-state index contributed by atoms with van der Waals surface area (Å²) in [7, 11) is 0. The summed E-state index contributed by atoms with van der Waals surface area (Å²) in [4.78, 5) is 4.21. The fourth-order valence-electron chi connectivity index (χ4n) is 0.880. The Balaban J connectivity index is 0.000000791. The lowest BCUT2D eigenvalue weighted by Crippen LogP contribution is -2.25. The Morgan fingerprint density at radius 1 is 1.43 bits per heavy atom. The topological polar surface area (TPSA) is 12.9 Å². The van der Waals surface area contributed by atoms with Crippen molar-refractivity contribution in [2.24, 2.45) is 0 Å². The molecule has 14 heavy (non-hydrogen) atoms. The van der Waals surface area contributed by atoms with E-state index >= 15 is 0 Å². The Morgan fingerprint density at radius 3 is 2.57 bits per heavy atom. The largest absolute Gasteiger partial charge is 0.256 e. The van der Waals surface area contributed by atoms with E-state index in [0.29, 0.717) is 0 Å². The van der Waals surface area contributed by atoms with Crippen LogP contribution in [-0.4, -0.2) is 4.98 Å². The van der Waals surface area contributed by atoms with Gasteiger partial charge < -0.3 is 0 Å². The van der Waals surface area contributed by atoms with Crippen LogP contribution in [0.1, 0.15) is 27.7 Å². The fraction of sp³-hybridized carbons (Fsp3) is 0.308. The Hall–Kier alpha value is -1.37. The highest BCUT2D eigenvalue weighted by atomic mass is 14.6. The second kappa shape index (κ2) is 7.07. The lowest BCUT2D eigenvalue weighted by molar-refractivity contribution is 1.22. The van der Waals surface area contributed by atoms with Gasteiger partial charge in [-0.05, 0) is 31.2 Å². The van der Waals surface area contributed by atoms with E-state index in [-0.39, 0.29) is 0 Å². The molecule has 0 fully saturated rings. The van der Waals surface area contributed by atoms with Crippen molar-refractivity contribution in [3.63, 3.8) is 0 Å².